The second kappa shape index (κ2) is 8.53. The molecule has 7 nitrogen and oxygen atoms in total. The normalized spacial score (nSPS) is 20.2. The summed E-state index contributed by atoms with van der Waals surface area (Å²) >= 11 is 0. The monoisotopic (exact) mass is 396 g/mol. The minimum absolute atomic E-state index is 0.0569. The molecule has 3 N–H and O–H groups in total. The van der Waals surface area contributed by atoms with Crippen molar-refractivity contribution in [2.24, 2.45) is 0 Å². The second-order valence-corrected chi connectivity index (χ2v) is 7.39. The van der Waals surface area contributed by atoms with Crippen LogP contribution >= 0.6 is 0 Å². The number of fused-ring (bicyclic) bond motifs is 1. The van der Waals surface area contributed by atoms with Crippen LogP contribution in [0.25, 0.3) is 0 Å². The van der Waals surface area contributed by atoms with Gasteiger partial charge in [0.25, 0.3) is 11.8 Å². The fourth-order valence-corrected chi connectivity index (χ4v) is 4.10. The van der Waals surface area contributed by atoms with E-state index in [1.165, 1.54) is 10.5 Å². The molecule has 2 aliphatic heterocycles. The average molecular weight is 396 g/mol. The van der Waals surface area contributed by atoms with Gasteiger partial charge in [0.2, 0.25) is 0 Å². The largest absolute Gasteiger partial charge is 0.486 e. The summed E-state index contributed by atoms with van der Waals surface area (Å²) in [5.41, 5.74) is 2.33. The molecular formula is C22H26N3O4+. The molecule has 1 saturated heterocycles. The summed E-state index contributed by atoms with van der Waals surface area (Å²) in [4.78, 5) is 25.7. The first-order valence-electron chi connectivity index (χ1n) is 10.00. The number of nitrogens with one attached hydrogen (secondary N) is 3. The van der Waals surface area contributed by atoms with Crippen LogP contribution in [0.3, 0.4) is 0 Å². The molecule has 0 aliphatic carbocycles. The third-order valence-electron chi connectivity index (χ3n) is 5.48. The lowest BCUT2D eigenvalue weighted by Crippen LogP contribution is -3.11. The highest BCUT2D eigenvalue weighted by atomic mass is 16.6. The van der Waals surface area contributed by atoms with E-state index in [0.717, 1.165) is 30.9 Å². The number of quaternary nitrogens is 1. The van der Waals surface area contributed by atoms with E-state index in [4.69, 9.17) is 9.47 Å². The molecule has 29 heavy (non-hydrogen) atoms. The number of ether oxygens (including phenoxy) is 2. The van der Waals surface area contributed by atoms with Gasteiger partial charge in [0.15, 0.2) is 18.0 Å². The number of carbonyl (C=O) groups excluding carboxylic acids is 2. The zero-order chi connectivity index (χ0) is 20.2. The molecule has 4 rings (SSSR count). The summed E-state index contributed by atoms with van der Waals surface area (Å²) in [5.74, 6) is 1.34. The van der Waals surface area contributed by atoms with Gasteiger partial charge in [0.1, 0.15) is 19.3 Å². The number of hydrogen-bond donors (Lipinski definition) is 3. The van der Waals surface area contributed by atoms with E-state index in [1.807, 2.05) is 6.07 Å². The first-order chi connectivity index (χ1) is 14.1. The summed E-state index contributed by atoms with van der Waals surface area (Å²) in [7, 11) is 1.59. The molecular weight excluding hydrogens is 370 g/mol. The van der Waals surface area contributed by atoms with Crippen molar-refractivity contribution in [2.75, 3.05) is 38.7 Å². The van der Waals surface area contributed by atoms with Gasteiger partial charge in [-0.15, -0.1) is 0 Å². The molecule has 0 aromatic heterocycles. The van der Waals surface area contributed by atoms with E-state index >= 15 is 0 Å². The number of likely N-dealkylation sites (tertiary alicyclic amines) is 1. The molecule has 1 unspecified atom stereocenters. The Morgan fingerprint density at radius 2 is 1.93 bits per heavy atom. The van der Waals surface area contributed by atoms with Crippen LogP contribution in [0.2, 0.25) is 0 Å². The van der Waals surface area contributed by atoms with Crippen LogP contribution in [0.4, 0.5) is 5.69 Å². The lowest BCUT2D eigenvalue weighted by molar-refractivity contribution is -0.910. The van der Waals surface area contributed by atoms with Crippen molar-refractivity contribution in [1.29, 1.82) is 0 Å². The zero-order valence-electron chi connectivity index (χ0n) is 16.5. The standard InChI is InChI=1S/C22H25N3O4/c1-23-22(27)16-4-2-5-17(12-16)24-21(26)14-25-9-3-6-18(25)15-7-8-19-20(13-15)29-11-10-28-19/h2,4-5,7-8,12-13,18H,3,6,9-11,14H2,1H3,(H,23,27)(H,24,26)/p+1/t18-/m1/s1. The Morgan fingerprint density at radius 1 is 1.10 bits per heavy atom. The van der Waals surface area contributed by atoms with Crippen molar-refractivity contribution in [3.8, 4) is 11.5 Å². The van der Waals surface area contributed by atoms with Gasteiger partial charge in [0.05, 0.1) is 6.54 Å². The van der Waals surface area contributed by atoms with Gasteiger partial charge in [-0.2, -0.15) is 0 Å². The van der Waals surface area contributed by atoms with Crippen molar-refractivity contribution in [3.63, 3.8) is 0 Å². The molecule has 2 amide bonds. The average Bonchev–Trinajstić information content (AvgIpc) is 3.20. The van der Waals surface area contributed by atoms with E-state index < -0.39 is 0 Å². The van der Waals surface area contributed by atoms with E-state index in [-0.39, 0.29) is 17.9 Å². The maximum Gasteiger partial charge on any atom is 0.279 e. The topological polar surface area (TPSA) is 81.1 Å². The van der Waals surface area contributed by atoms with Gasteiger partial charge >= 0.3 is 0 Å². The summed E-state index contributed by atoms with van der Waals surface area (Å²) in [6.07, 6.45) is 2.11. The summed E-state index contributed by atoms with van der Waals surface area (Å²) in [6, 6.07) is 13.3. The summed E-state index contributed by atoms with van der Waals surface area (Å²) in [6.45, 7) is 2.47. The predicted octanol–water partition coefficient (Wildman–Crippen LogP) is 1.18. The molecule has 0 bridgehead atoms. The SMILES string of the molecule is CNC(=O)c1cccc(NC(=O)C[NH+]2CCC[C@@H]2c2ccc3c(c2)OCCO3)c1. The lowest BCUT2D eigenvalue weighted by Gasteiger charge is -2.24. The summed E-state index contributed by atoms with van der Waals surface area (Å²) in [5, 5.41) is 5.52. The minimum atomic E-state index is -0.176. The Labute approximate surface area is 170 Å². The number of anilines is 1. The molecule has 0 spiro atoms. The third-order valence-corrected chi connectivity index (χ3v) is 5.48. The molecule has 2 aliphatic rings. The van der Waals surface area contributed by atoms with E-state index in [0.29, 0.717) is 31.0 Å². The van der Waals surface area contributed by atoms with Crippen LogP contribution < -0.4 is 25.0 Å². The second-order valence-electron chi connectivity index (χ2n) is 7.39. The molecule has 2 heterocycles. The molecule has 2 aromatic carbocycles. The van der Waals surface area contributed by atoms with Crippen LogP contribution in [0.1, 0.15) is 34.8 Å². The Bertz CT molecular complexity index is 915. The van der Waals surface area contributed by atoms with Crippen molar-refractivity contribution < 1.29 is 24.0 Å². The van der Waals surface area contributed by atoms with Crippen LogP contribution in [-0.4, -0.2) is 45.2 Å². The Balaban J connectivity index is 1.42. The summed E-state index contributed by atoms with van der Waals surface area (Å²) < 4.78 is 11.3. The van der Waals surface area contributed by atoms with Crippen molar-refractivity contribution in [2.45, 2.75) is 18.9 Å². The lowest BCUT2D eigenvalue weighted by atomic mass is 10.0. The van der Waals surface area contributed by atoms with Gasteiger partial charge in [-0.1, -0.05) is 6.07 Å². The van der Waals surface area contributed by atoms with Crippen LogP contribution in [0.5, 0.6) is 11.5 Å². The van der Waals surface area contributed by atoms with Crippen molar-refractivity contribution in [3.05, 3.63) is 53.6 Å². The maximum atomic E-state index is 12.7. The van der Waals surface area contributed by atoms with Gasteiger partial charge in [-0.05, 0) is 36.4 Å². The first-order valence-corrected chi connectivity index (χ1v) is 10.00. The van der Waals surface area contributed by atoms with Crippen molar-refractivity contribution >= 4 is 17.5 Å². The number of hydrogen-bond acceptors (Lipinski definition) is 4. The number of amides is 2. The Hall–Kier alpha value is -3.06. The quantitative estimate of drug-likeness (QED) is 0.709. The molecule has 2 atom stereocenters. The Morgan fingerprint density at radius 3 is 2.76 bits per heavy atom. The minimum Gasteiger partial charge on any atom is -0.486 e. The highest BCUT2D eigenvalue weighted by Gasteiger charge is 2.32. The highest BCUT2D eigenvalue weighted by Crippen LogP contribution is 2.33. The fourth-order valence-electron chi connectivity index (χ4n) is 4.10. The van der Waals surface area contributed by atoms with E-state index in [2.05, 4.69) is 22.8 Å². The molecule has 152 valence electrons. The fraction of sp³-hybridized carbons (Fsp3) is 0.364. The number of carbonyl (C=O) groups is 2. The van der Waals surface area contributed by atoms with Gasteiger partial charge in [0, 0.05) is 36.7 Å². The Kier molecular flexibility index (Phi) is 5.67. The van der Waals surface area contributed by atoms with E-state index in [1.54, 1.807) is 31.3 Å². The third kappa shape index (κ3) is 4.35. The molecule has 7 heteroatoms. The predicted molar refractivity (Wildman–Crippen MR) is 109 cm³/mol. The molecule has 0 radical (unpaired) electrons. The number of benzene rings is 2. The van der Waals surface area contributed by atoms with Crippen LogP contribution in [0.15, 0.2) is 42.5 Å². The van der Waals surface area contributed by atoms with Crippen LogP contribution in [-0.2, 0) is 4.79 Å². The smallest absolute Gasteiger partial charge is 0.279 e. The molecule has 0 saturated carbocycles. The van der Waals surface area contributed by atoms with Gasteiger partial charge in [-0.3, -0.25) is 9.59 Å². The zero-order valence-corrected chi connectivity index (χ0v) is 16.5. The van der Waals surface area contributed by atoms with E-state index in [9.17, 15) is 9.59 Å². The maximum absolute atomic E-state index is 12.7. The van der Waals surface area contributed by atoms with Crippen molar-refractivity contribution in [1.82, 2.24) is 5.32 Å². The van der Waals surface area contributed by atoms with Gasteiger partial charge < -0.3 is 25.0 Å². The number of rotatable bonds is 5. The highest BCUT2D eigenvalue weighted by molar-refractivity contribution is 5.97. The molecule has 1 fully saturated rings. The molecule has 2 aromatic rings. The van der Waals surface area contributed by atoms with Gasteiger partial charge in [-0.25, -0.2) is 0 Å². The first kappa shape index (κ1) is 19.3. The van der Waals surface area contributed by atoms with Crippen LogP contribution in [0, 0.1) is 0 Å².